The van der Waals surface area contributed by atoms with Crippen LogP contribution in [0.25, 0.3) is 0 Å². The molecule has 0 radical (unpaired) electrons. The van der Waals surface area contributed by atoms with Crippen LogP contribution in [0.3, 0.4) is 0 Å². The summed E-state index contributed by atoms with van der Waals surface area (Å²) in [5, 5.41) is 0. The van der Waals surface area contributed by atoms with Crippen LogP contribution in [-0.2, 0) is 0 Å². The number of halogens is 1. The summed E-state index contributed by atoms with van der Waals surface area (Å²) >= 11 is 5.81. The van der Waals surface area contributed by atoms with Gasteiger partial charge in [0.2, 0.25) is 0 Å². The molecule has 3 heteroatoms. The van der Waals surface area contributed by atoms with Crippen molar-refractivity contribution in [3.63, 3.8) is 0 Å². The lowest BCUT2D eigenvalue weighted by atomic mass is 9.99. The summed E-state index contributed by atoms with van der Waals surface area (Å²) in [5.41, 5.74) is 4.23. The van der Waals surface area contributed by atoms with Gasteiger partial charge >= 0.3 is 0 Å². The normalized spacial score (nSPS) is 19.6. The summed E-state index contributed by atoms with van der Waals surface area (Å²) < 4.78 is 0. The number of alkyl halides is 1. The molecule has 2 rings (SSSR count). The van der Waals surface area contributed by atoms with Crippen molar-refractivity contribution in [2.24, 2.45) is 0 Å². The Balaban J connectivity index is 1.99. The number of hydrogen-bond acceptors (Lipinski definition) is 2. The summed E-state index contributed by atoms with van der Waals surface area (Å²) in [5.74, 6) is 0.743. The quantitative estimate of drug-likeness (QED) is 0.782. The molecule has 1 saturated heterocycles. The zero-order valence-electron chi connectivity index (χ0n) is 12.3. The van der Waals surface area contributed by atoms with Crippen LogP contribution in [0.4, 0.5) is 0 Å². The highest BCUT2D eigenvalue weighted by atomic mass is 35.5. The molecular weight excluding hydrogens is 256 g/mol. The van der Waals surface area contributed by atoms with E-state index in [2.05, 4.69) is 48.8 Å². The van der Waals surface area contributed by atoms with Crippen LogP contribution >= 0.6 is 11.6 Å². The smallest absolute Gasteiger partial charge is 0.0351 e. The molecule has 1 unspecified atom stereocenters. The summed E-state index contributed by atoms with van der Waals surface area (Å²) in [6.07, 6.45) is 0. The lowest BCUT2D eigenvalue weighted by molar-refractivity contribution is 0.106. The van der Waals surface area contributed by atoms with Gasteiger partial charge < -0.3 is 0 Å². The van der Waals surface area contributed by atoms with E-state index in [1.165, 1.54) is 16.7 Å². The standard InChI is InChI=1S/C16H25ClN2/c1-13-4-5-16(14(2)12-13)15(3)19-10-8-18(7-6-17)9-11-19/h4-5,12,15H,6-11H2,1-3H3. The first-order valence-corrected chi connectivity index (χ1v) is 7.75. The molecule has 0 aliphatic carbocycles. The fourth-order valence-electron chi connectivity index (χ4n) is 2.98. The molecular formula is C16H25ClN2. The second-order valence-corrected chi connectivity index (χ2v) is 5.98. The average molecular weight is 281 g/mol. The van der Waals surface area contributed by atoms with Gasteiger partial charge in [-0.05, 0) is 31.9 Å². The highest BCUT2D eigenvalue weighted by molar-refractivity contribution is 6.18. The second kappa shape index (κ2) is 6.74. The van der Waals surface area contributed by atoms with Gasteiger partial charge in [0.25, 0.3) is 0 Å². The van der Waals surface area contributed by atoms with E-state index in [1.54, 1.807) is 0 Å². The van der Waals surface area contributed by atoms with Crippen molar-refractivity contribution in [3.05, 3.63) is 34.9 Å². The van der Waals surface area contributed by atoms with Gasteiger partial charge in [-0.1, -0.05) is 23.8 Å². The summed E-state index contributed by atoms with van der Waals surface area (Å²) in [7, 11) is 0. The van der Waals surface area contributed by atoms with Crippen LogP contribution in [0.2, 0.25) is 0 Å². The third-order valence-electron chi connectivity index (χ3n) is 4.23. The van der Waals surface area contributed by atoms with E-state index < -0.39 is 0 Å². The Morgan fingerprint density at radius 3 is 2.42 bits per heavy atom. The zero-order chi connectivity index (χ0) is 13.8. The predicted molar refractivity (Wildman–Crippen MR) is 83.1 cm³/mol. The SMILES string of the molecule is Cc1ccc(C(C)N2CCN(CCCl)CC2)c(C)c1. The van der Waals surface area contributed by atoms with E-state index >= 15 is 0 Å². The van der Waals surface area contributed by atoms with Gasteiger partial charge in [-0.25, -0.2) is 0 Å². The van der Waals surface area contributed by atoms with Gasteiger partial charge in [0, 0.05) is 44.6 Å². The van der Waals surface area contributed by atoms with Crippen LogP contribution in [0.15, 0.2) is 18.2 Å². The van der Waals surface area contributed by atoms with E-state index in [9.17, 15) is 0 Å². The van der Waals surface area contributed by atoms with E-state index in [4.69, 9.17) is 11.6 Å². The van der Waals surface area contributed by atoms with Gasteiger partial charge in [0.05, 0.1) is 0 Å². The molecule has 19 heavy (non-hydrogen) atoms. The molecule has 106 valence electrons. The molecule has 0 spiro atoms. The molecule has 1 aliphatic rings. The lowest BCUT2D eigenvalue weighted by Gasteiger charge is -2.38. The van der Waals surface area contributed by atoms with Gasteiger partial charge in [-0.2, -0.15) is 0 Å². The van der Waals surface area contributed by atoms with Crippen molar-refractivity contribution < 1.29 is 0 Å². The number of nitrogens with zero attached hydrogens (tertiary/aromatic N) is 2. The third-order valence-corrected chi connectivity index (χ3v) is 4.40. The maximum atomic E-state index is 5.81. The van der Waals surface area contributed by atoms with Crippen molar-refractivity contribution in [1.82, 2.24) is 9.80 Å². The van der Waals surface area contributed by atoms with Gasteiger partial charge in [0.1, 0.15) is 0 Å². The third kappa shape index (κ3) is 3.71. The largest absolute Gasteiger partial charge is 0.300 e. The molecule has 2 nitrogen and oxygen atoms in total. The Morgan fingerprint density at radius 2 is 1.84 bits per heavy atom. The minimum Gasteiger partial charge on any atom is -0.300 e. The molecule has 0 N–H and O–H groups in total. The van der Waals surface area contributed by atoms with Crippen LogP contribution in [0.1, 0.15) is 29.7 Å². The van der Waals surface area contributed by atoms with Crippen LogP contribution in [-0.4, -0.2) is 48.4 Å². The highest BCUT2D eigenvalue weighted by Crippen LogP contribution is 2.25. The van der Waals surface area contributed by atoms with Crippen LogP contribution in [0.5, 0.6) is 0 Å². The number of benzene rings is 1. The van der Waals surface area contributed by atoms with Crippen molar-refractivity contribution in [3.8, 4) is 0 Å². The molecule has 0 amide bonds. The van der Waals surface area contributed by atoms with E-state index in [1.807, 2.05) is 0 Å². The van der Waals surface area contributed by atoms with Crippen molar-refractivity contribution in [1.29, 1.82) is 0 Å². The van der Waals surface area contributed by atoms with Crippen molar-refractivity contribution >= 4 is 11.6 Å². The molecule has 1 fully saturated rings. The number of aryl methyl sites for hydroxylation is 2. The summed E-state index contributed by atoms with van der Waals surface area (Å²) in [6, 6.07) is 7.32. The monoisotopic (exact) mass is 280 g/mol. The number of rotatable bonds is 4. The Labute approximate surface area is 122 Å². The molecule has 1 aliphatic heterocycles. The average Bonchev–Trinajstić information content (AvgIpc) is 2.39. The van der Waals surface area contributed by atoms with Gasteiger partial charge in [-0.15, -0.1) is 11.6 Å². The maximum Gasteiger partial charge on any atom is 0.0351 e. The minimum atomic E-state index is 0.513. The molecule has 0 aromatic heterocycles. The fraction of sp³-hybridized carbons (Fsp3) is 0.625. The van der Waals surface area contributed by atoms with Crippen LogP contribution < -0.4 is 0 Å². The maximum absolute atomic E-state index is 5.81. The Hall–Kier alpha value is -0.570. The molecule has 1 atom stereocenters. The molecule has 1 aromatic rings. The van der Waals surface area contributed by atoms with Crippen LogP contribution in [0, 0.1) is 13.8 Å². The topological polar surface area (TPSA) is 6.48 Å². The predicted octanol–water partition coefficient (Wildman–Crippen LogP) is 3.22. The summed E-state index contributed by atoms with van der Waals surface area (Å²) in [6.45, 7) is 12.3. The Morgan fingerprint density at radius 1 is 1.16 bits per heavy atom. The highest BCUT2D eigenvalue weighted by Gasteiger charge is 2.22. The molecule has 0 bridgehead atoms. The first-order chi connectivity index (χ1) is 9.11. The van der Waals surface area contributed by atoms with E-state index in [-0.39, 0.29) is 0 Å². The van der Waals surface area contributed by atoms with Crippen molar-refractivity contribution in [2.75, 3.05) is 38.6 Å². The minimum absolute atomic E-state index is 0.513. The van der Waals surface area contributed by atoms with Gasteiger partial charge in [-0.3, -0.25) is 9.80 Å². The Bertz CT molecular complexity index is 411. The summed E-state index contributed by atoms with van der Waals surface area (Å²) in [4.78, 5) is 5.04. The van der Waals surface area contributed by atoms with Crippen molar-refractivity contribution in [2.45, 2.75) is 26.8 Å². The molecule has 1 aromatic carbocycles. The van der Waals surface area contributed by atoms with Gasteiger partial charge in [0.15, 0.2) is 0 Å². The number of piperazine rings is 1. The molecule has 1 heterocycles. The first-order valence-electron chi connectivity index (χ1n) is 7.21. The Kier molecular flexibility index (Phi) is 5.26. The van der Waals surface area contributed by atoms with E-state index in [0.29, 0.717) is 6.04 Å². The first kappa shape index (κ1) is 14.8. The second-order valence-electron chi connectivity index (χ2n) is 5.60. The number of hydrogen-bond donors (Lipinski definition) is 0. The molecule has 0 saturated carbocycles. The zero-order valence-corrected chi connectivity index (χ0v) is 13.1. The van der Waals surface area contributed by atoms with E-state index in [0.717, 1.165) is 38.6 Å². The fourth-order valence-corrected chi connectivity index (χ4v) is 3.22. The lowest BCUT2D eigenvalue weighted by Crippen LogP contribution is -2.47.